The van der Waals surface area contributed by atoms with E-state index in [1.165, 1.54) is 5.56 Å². The van der Waals surface area contributed by atoms with Gasteiger partial charge in [0.2, 0.25) is 0 Å². The van der Waals surface area contributed by atoms with Gasteiger partial charge in [-0.2, -0.15) is 0 Å². The second kappa shape index (κ2) is 4.14. The van der Waals surface area contributed by atoms with E-state index in [2.05, 4.69) is 40.3 Å². The van der Waals surface area contributed by atoms with Crippen molar-refractivity contribution in [3.8, 4) is 0 Å². The van der Waals surface area contributed by atoms with Crippen LogP contribution in [0.1, 0.15) is 25.3 Å². The number of hydrogen-bond acceptors (Lipinski definition) is 2. The third-order valence-electron chi connectivity index (χ3n) is 3.35. The highest BCUT2D eigenvalue weighted by Gasteiger charge is 2.31. The van der Waals surface area contributed by atoms with Gasteiger partial charge in [-0.3, -0.25) is 0 Å². The maximum Gasteiger partial charge on any atom is 0.0661 e. The highest BCUT2D eigenvalue weighted by atomic mass is 79.9. The fraction of sp³-hybridized carbons (Fsp3) is 0.500. The topological polar surface area (TPSA) is 32.3 Å². The molecule has 0 amide bonds. The molecule has 1 aromatic carbocycles. The molecule has 1 atom stereocenters. The van der Waals surface area contributed by atoms with Crippen LogP contribution >= 0.6 is 15.9 Å². The first-order chi connectivity index (χ1) is 7.21. The zero-order valence-corrected chi connectivity index (χ0v) is 10.5. The summed E-state index contributed by atoms with van der Waals surface area (Å²) in [6, 6.07) is 6.18. The van der Waals surface area contributed by atoms with Gasteiger partial charge in [0, 0.05) is 10.2 Å². The van der Waals surface area contributed by atoms with E-state index in [0.717, 1.165) is 29.4 Å². The minimum Gasteiger partial charge on any atom is -0.394 e. The van der Waals surface area contributed by atoms with Gasteiger partial charge in [-0.1, -0.05) is 28.9 Å². The smallest absolute Gasteiger partial charge is 0.0661 e. The van der Waals surface area contributed by atoms with Gasteiger partial charge in [0.05, 0.1) is 12.1 Å². The monoisotopic (exact) mass is 269 g/mol. The van der Waals surface area contributed by atoms with Crippen LogP contribution in [0.15, 0.2) is 22.7 Å². The summed E-state index contributed by atoms with van der Waals surface area (Å²) in [5, 5.41) is 12.9. The summed E-state index contributed by atoms with van der Waals surface area (Å²) in [6.07, 6.45) is 2.98. The molecule has 0 spiro atoms. The summed E-state index contributed by atoms with van der Waals surface area (Å²) in [4.78, 5) is 0. The van der Waals surface area contributed by atoms with Crippen molar-refractivity contribution in [2.75, 3.05) is 11.9 Å². The number of benzene rings is 1. The van der Waals surface area contributed by atoms with E-state index in [4.69, 9.17) is 0 Å². The van der Waals surface area contributed by atoms with Gasteiger partial charge < -0.3 is 10.4 Å². The van der Waals surface area contributed by atoms with Crippen molar-refractivity contribution >= 4 is 21.6 Å². The lowest BCUT2D eigenvalue weighted by Gasteiger charge is -2.38. The summed E-state index contributed by atoms with van der Waals surface area (Å²) in [5.41, 5.74) is 2.37. The van der Waals surface area contributed by atoms with E-state index in [0.29, 0.717) is 0 Å². The van der Waals surface area contributed by atoms with Gasteiger partial charge in [-0.05, 0) is 37.0 Å². The molecule has 2 rings (SSSR count). The average Bonchev–Trinajstić information content (AvgIpc) is 2.29. The van der Waals surface area contributed by atoms with E-state index < -0.39 is 0 Å². The van der Waals surface area contributed by atoms with Crippen LogP contribution < -0.4 is 5.32 Å². The molecular weight excluding hydrogens is 254 g/mol. The molecule has 0 aliphatic carbocycles. The van der Waals surface area contributed by atoms with E-state index in [9.17, 15) is 5.11 Å². The Labute approximate surface area is 98.8 Å². The lowest BCUT2D eigenvalue weighted by molar-refractivity contribution is 0.195. The Morgan fingerprint density at radius 1 is 1.53 bits per heavy atom. The molecule has 2 nitrogen and oxygen atoms in total. The molecule has 1 aliphatic rings. The molecule has 2 N–H and O–H groups in total. The molecule has 3 heteroatoms. The van der Waals surface area contributed by atoms with Gasteiger partial charge in [-0.15, -0.1) is 0 Å². The average molecular weight is 270 g/mol. The Morgan fingerprint density at radius 3 is 3.00 bits per heavy atom. The number of hydrogen-bond donors (Lipinski definition) is 2. The Balaban J connectivity index is 2.34. The standard InChI is InChI=1S/C12H16BrNO/c1-2-12(8-15)7-6-9-10(13)4-3-5-11(9)14-12/h3-5,14-15H,2,6-8H2,1H3. The Kier molecular flexibility index (Phi) is 3.03. The van der Waals surface area contributed by atoms with Crippen LogP contribution in [-0.4, -0.2) is 17.3 Å². The summed E-state index contributed by atoms with van der Waals surface area (Å²) >= 11 is 3.56. The fourth-order valence-electron chi connectivity index (χ4n) is 2.14. The summed E-state index contributed by atoms with van der Waals surface area (Å²) in [6.45, 7) is 2.32. The molecule has 0 saturated carbocycles. The van der Waals surface area contributed by atoms with Gasteiger partial charge in [0.25, 0.3) is 0 Å². The number of fused-ring (bicyclic) bond motifs is 1. The summed E-state index contributed by atoms with van der Waals surface area (Å²) in [7, 11) is 0. The first-order valence-corrected chi connectivity index (χ1v) is 6.16. The van der Waals surface area contributed by atoms with E-state index in [1.54, 1.807) is 0 Å². The van der Waals surface area contributed by atoms with Gasteiger partial charge in [0.1, 0.15) is 0 Å². The maximum absolute atomic E-state index is 9.46. The van der Waals surface area contributed by atoms with E-state index in [1.807, 2.05) is 6.07 Å². The molecule has 82 valence electrons. The quantitative estimate of drug-likeness (QED) is 0.866. The molecule has 0 radical (unpaired) electrons. The molecule has 1 aliphatic heterocycles. The van der Waals surface area contributed by atoms with Crippen LogP contribution in [0.25, 0.3) is 0 Å². The van der Waals surface area contributed by atoms with E-state index >= 15 is 0 Å². The minimum atomic E-state index is -0.117. The van der Waals surface area contributed by atoms with Gasteiger partial charge in [-0.25, -0.2) is 0 Å². The summed E-state index contributed by atoms with van der Waals surface area (Å²) < 4.78 is 1.16. The van der Waals surface area contributed by atoms with Crippen molar-refractivity contribution in [3.63, 3.8) is 0 Å². The van der Waals surface area contributed by atoms with Crippen molar-refractivity contribution in [2.45, 2.75) is 31.7 Å². The van der Waals surface area contributed by atoms with Gasteiger partial charge >= 0.3 is 0 Å². The molecule has 1 heterocycles. The number of nitrogens with one attached hydrogen (secondary N) is 1. The Morgan fingerprint density at radius 2 is 2.33 bits per heavy atom. The number of rotatable bonds is 2. The lowest BCUT2D eigenvalue weighted by Crippen LogP contribution is -2.44. The zero-order valence-electron chi connectivity index (χ0n) is 8.89. The first kappa shape index (κ1) is 11.0. The third kappa shape index (κ3) is 1.91. The van der Waals surface area contributed by atoms with Crippen molar-refractivity contribution in [1.29, 1.82) is 0 Å². The van der Waals surface area contributed by atoms with Crippen molar-refractivity contribution in [1.82, 2.24) is 0 Å². The SMILES string of the molecule is CCC1(CO)CCc2c(Br)cccc2N1. The van der Waals surface area contributed by atoms with Crippen molar-refractivity contribution in [3.05, 3.63) is 28.2 Å². The second-order valence-electron chi connectivity index (χ2n) is 4.18. The highest BCUT2D eigenvalue weighted by molar-refractivity contribution is 9.10. The molecule has 1 unspecified atom stereocenters. The summed E-state index contributed by atoms with van der Waals surface area (Å²) in [5.74, 6) is 0. The van der Waals surface area contributed by atoms with Crippen LogP contribution in [0, 0.1) is 0 Å². The zero-order chi connectivity index (χ0) is 10.9. The largest absolute Gasteiger partial charge is 0.394 e. The first-order valence-electron chi connectivity index (χ1n) is 5.37. The third-order valence-corrected chi connectivity index (χ3v) is 4.09. The van der Waals surface area contributed by atoms with Crippen molar-refractivity contribution in [2.24, 2.45) is 0 Å². The molecule has 0 bridgehead atoms. The molecule has 0 fully saturated rings. The van der Waals surface area contributed by atoms with Gasteiger partial charge in [0.15, 0.2) is 0 Å². The Bertz CT molecular complexity index is 361. The normalized spacial score (nSPS) is 24.5. The number of anilines is 1. The number of aliphatic hydroxyl groups excluding tert-OH is 1. The number of halogens is 1. The predicted molar refractivity (Wildman–Crippen MR) is 66.2 cm³/mol. The van der Waals surface area contributed by atoms with E-state index in [-0.39, 0.29) is 12.1 Å². The molecule has 15 heavy (non-hydrogen) atoms. The van der Waals surface area contributed by atoms with Crippen LogP contribution in [0.2, 0.25) is 0 Å². The van der Waals surface area contributed by atoms with Crippen LogP contribution in [0.5, 0.6) is 0 Å². The molecule has 1 aromatic rings. The predicted octanol–water partition coefficient (Wildman–Crippen LogP) is 2.95. The lowest BCUT2D eigenvalue weighted by atomic mass is 9.85. The van der Waals surface area contributed by atoms with Crippen molar-refractivity contribution < 1.29 is 5.11 Å². The second-order valence-corrected chi connectivity index (χ2v) is 5.04. The molecular formula is C12H16BrNO. The van der Waals surface area contributed by atoms with Crippen LogP contribution in [-0.2, 0) is 6.42 Å². The molecule has 0 aromatic heterocycles. The fourth-order valence-corrected chi connectivity index (χ4v) is 2.70. The maximum atomic E-state index is 9.46. The van der Waals surface area contributed by atoms with Crippen LogP contribution in [0.4, 0.5) is 5.69 Å². The molecule has 0 saturated heterocycles. The minimum absolute atomic E-state index is 0.117. The van der Waals surface area contributed by atoms with Crippen LogP contribution in [0.3, 0.4) is 0 Å². The number of aliphatic hydroxyl groups is 1. The highest BCUT2D eigenvalue weighted by Crippen LogP contribution is 2.36. The Hall–Kier alpha value is -0.540.